The van der Waals surface area contributed by atoms with E-state index in [1.165, 1.54) is 0 Å². The first-order valence-electron chi connectivity index (χ1n) is 6.02. The lowest BCUT2D eigenvalue weighted by Gasteiger charge is -2.07. The summed E-state index contributed by atoms with van der Waals surface area (Å²) >= 11 is 0. The van der Waals surface area contributed by atoms with Crippen LogP contribution in [0, 0.1) is 25.5 Å². The molecule has 1 aromatic rings. The Morgan fingerprint density at radius 3 is 1.75 bits per heavy atom. The van der Waals surface area contributed by atoms with E-state index in [0.29, 0.717) is 11.1 Å². The molecule has 0 aliphatic carbocycles. The van der Waals surface area contributed by atoms with E-state index < -0.39 is 11.6 Å². The quantitative estimate of drug-likeness (QED) is 0.622. The van der Waals surface area contributed by atoms with Gasteiger partial charge in [0.25, 0.3) is 0 Å². The number of benzene rings is 1. The van der Waals surface area contributed by atoms with Crippen molar-refractivity contribution in [3.63, 3.8) is 0 Å². The van der Waals surface area contributed by atoms with Crippen LogP contribution >= 0.6 is 0 Å². The minimum absolute atomic E-state index is 0.384. The van der Waals surface area contributed by atoms with Gasteiger partial charge in [-0.3, -0.25) is 0 Å². The van der Waals surface area contributed by atoms with Crippen LogP contribution in [0.3, 0.4) is 0 Å². The van der Waals surface area contributed by atoms with E-state index in [1.807, 2.05) is 34.6 Å². The van der Waals surface area contributed by atoms with Crippen LogP contribution in [0.1, 0.15) is 51.3 Å². The lowest BCUT2D eigenvalue weighted by atomic mass is 10.0. The molecule has 1 aromatic carbocycles. The van der Waals surface area contributed by atoms with Crippen LogP contribution in [0.25, 0.3) is 0 Å². The van der Waals surface area contributed by atoms with E-state index in [2.05, 4.69) is 0 Å². The molecular weight excluding hydrogens is 206 g/mol. The second-order valence-electron chi connectivity index (χ2n) is 2.96. The summed E-state index contributed by atoms with van der Waals surface area (Å²) in [4.78, 5) is 0. The highest BCUT2D eigenvalue weighted by atomic mass is 19.2. The lowest BCUT2D eigenvalue weighted by Crippen LogP contribution is -1.98. The van der Waals surface area contributed by atoms with E-state index in [1.54, 1.807) is 19.9 Å². The minimum atomic E-state index is -0.718. The predicted molar refractivity (Wildman–Crippen MR) is 67.9 cm³/mol. The second-order valence-corrected chi connectivity index (χ2v) is 2.96. The fraction of sp³-hybridized carbons (Fsp3) is 0.571. The molecule has 2 heteroatoms. The maximum absolute atomic E-state index is 13.1. The Kier molecular flexibility index (Phi) is 10.2. The molecule has 0 unspecified atom stereocenters. The Balaban J connectivity index is 0. The van der Waals surface area contributed by atoms with Gasteiger partial charge in [-0.15, -0.1) is 0 Å². The SMILES string of the molecule is CC.CC.CCc1cc(C)c(F)c(F)c1C. The van der Waals surface area contributed by atoms with Crippen LogP contribution < -0.4 is 0 Å². The molecule has 1 rings (SSSR count). The third-order valence-corrected chi connectivity index (χ3v) is 2.12. The van der Waals surface area contributed by atoms with Gasteiger partial charge < -0.3 is 0 Å². The fourth-order valence-electron chi connectivity index (χ4n) is 1.28. The smallest absolute Gasteiger partial charge is 0.162 e. The Labute approximate surface area is 98.7 Å². The van der Waals surface area contributed by atoms with Gasteiger partial charge in [0, 0.05) is 0 Å². The second kappa shape index (κ2) is 9.32. The fourth-order valence-corrected chi connectivity index (χ4v) is 1.28. The molecule has 0 nitrogen and oxygen atoms in total. The Morgan fingerprint density at radius 1 is 0.938 bits per heavy atom. The Hall–Kier alpha value is -0.920. The molecule has 0 fully saturated rings. The first-order chi connectivity index (χ1) is 7.57. The number of hydrogen-bond acceptors (Lipinski definition) is 0. The highest BCUT2D eigenvalue weighted by Gasteiger charge is 2.11. The first-order valence-corrected chi connectivity index (χ1v) is 6.02. The van der Waals surface area contributed by atoms with Crippen molar-refractivity contribution in [3.05, 3.63) is 34.4 Å². The summed E-state index contributed by atoms with van der Waals surface area (Å²) in [6, 6.07) is 1.70. The van der Waals surface area contributed by atoms with Gasteiger partial charge in [-0.1, -0.05) is 40.7 Å². The third-order valence-electron chi connectivity index (χ3n) is 2.12. The van der Waals surface area contributed by atoms with Gasteiger partial charge in [0.1, 0.15) is 0 Å². The highest BCUT2D eigenvalue weighted by Crippen LogP contribution is 2.19. The monoisotopic (exact) mass is 230 g/mol. The Bertz CT molecular complexity index is 304. The van der Waals surface area contributed by atoms with Gasteiger partial charge in [0.15, 0.2) is 11.6 Å². The van der Waals surface area contributed by atoms with E-state index in [9.17, 15) is 8.78 Å². The first kappa shape index (κ1) is 17.5. The molecule has 0 aromatic heterocycles. The Morgan fingerprint density at radius 2 is 1.38 bits per heavy atom. The van der Waals surface area contributed by atoms with Crippen molar-refractivity contribution in [2.24, 2.45) is 0 Å². The molecule has 0 radical (unpaired) electrons. The zero-order valence-corrected chi connectivity index (χ0v) is 11.5. The summed E-state index contributed by atoms with van der Waals surface area (Å²) in [5.74, 6) is -1.42. The van der Waals surface area contributed by atoms with E-state index >= 15 is 0 Å². The molecule has 16 heavy (non-hydrogen) atoms. The van der Waals surface area contributed by atoms with Crippen LogP contribution in [-0.4, -0.2) is 0 Å². The van der Waals surface area contributed by atoms with Crippen molar-refractivity contribution >= 4 is 0 Å². The van der Waals surface area contributed by atoms with Gasteiger partial charge in [0.2, 0.25) is 0 Å². The molecule has 0 N–H and O–H groups in total. The van der Waals surface area contributed by atoms with Crippen LogP contribution in [-0.2, 0) is 6.42 Å². The van der Waals surface area contributed by atoms with Gasteiger partial charge in [-0.05, 0) is 37.0 Å². The molecular formula is C14H24F2. The summed E-state index contributed by atoms with van der Waals surface area (Å²) in [7, 11) is 0. The number of aryl methyl sites for hydroxylation is 2. The summed E-state index contributed by atoms with van der Waals surface area (Å²) in [6.45, 7) is 13.1. The maximum Gasteiger partial charge on any atom is 0.162 e. The molecule has 0 bridgehead atoms. The van der Waals surface area contributed by atoms with Crippen LogP contribution in [0.5, 0.6) is 0 Å². The van der Waals surface area contributed by atoms with Crippen molar-refractivity contribution in [1.82, 2.24) is 0 Å². The van der Waals surface area contributed by atoms with Crippen molar-refractivity contribution in [3.8, 4) is 0 Å². The van der Waals surface area contributed by atoms with Crippen LogP contribution in [0.2, 0.25) is 0 Å². The maximum atomic E-state index is 13.1. The lowest BCUT2D eigenvalue weighted by molar-refractivity contribution is 0.496. The standard InChI is InChI=1S/C10H12F2.2C2H6/c1-4-8-5-6(2)9(11)10(12)7(8)3;2*1-2/h5H,4H2,1-3H3;2*1-2H3. The minimum Gasteiger partial charge on any atom is -0.203 e. The molecule has 0 atom stereocenters. The van der Waals surface area contributed by atoms with E-state index in [4.69, 9.17) is 0 Å². The average Bonchev–Trinajstić information content (AvgIpc) is 2.36. The van der Waals surface area contributed by atoms with Gasteiger partial charge in [0.05, 0.1) is 0 Å². The van der Waals surface area contributed by atoms with Crippen molar-refractivity contribution < 1.29 is 8.78 Å². The van der Waals surface area contributed by atoms with E-state index in [0.717, 1.165) is 12.0 Å². The molecule has 0 spiro atoms. The topological polar surface area (TPSA) is 0 Å². The van der Waals surface area contributed by atoms with Gasteiger partial charge in [-0.2, -0.15) is 0 Å². The molecule has 0 saturated carbocycles. The summed E-state index contributed by atoms with van der Waals surface area (Å²) in [6.07, 6.45) is 0.740. The van der Waals surface area contributed by atoms with Gasteiger partial charge in [-0.25, -0.2) is 8.78 Å². The molecule has 0 amide bonds. The number of halogens is 2. The zero-order valence-electron chi connectivity index (χ0n) is 11.5. The molecule has 94 valence electrons. The summed E-state index contributed by atoms with van der Waals surface area (Å²) in [5, 5.41) is 0. The number of rotatable bonds is 1. The highest BCUT2D eigenvalue weighted by molar-refractivity contribution is 5.33. The average molecular weight is 230 g/mol. The van der Waals surface area contributed by atoms with Crippen molar-refractivity contribution in [1.29, 1.82) is 0 Å². The normalized spacial score (nSPS) is 8.56. The molecule has 0 aliphatic rings. The largest absolute Gasteiger partial charge is 0.203 e. The van der Waals surface area contributed by atoms with Crippen LogP contribution in [0.4, 0.5) is 8.78 Å². The summed E-state index contributed by atoms with van der Waals surface area (Å²) < 4.78 is 26.0. The molecule has 0 heterocycles. The van der Waals surface area contributed by atoms with Crippen LogP contribution in [0.15, 0.2) is 6.07 Å². The third kappa shape index (κ3) is 4.30. The molecule has 0 saturated heterocycles. The molecule has 0 aliphatic heterocycles. The number of hydrogen-bond donors (Lipinski definition) is 0. The van der Waals surface area contributed by atoms with Crippen molar-refractivity contribution in [2.75, 3.05) is 0 Å². The van der Waals surface area contributed by atoms with Gasteiger partial charge >= 0.3 is 0 Å². The van der Waals surface area contributed by atoms with Crippen molar-refractivity contribution in [2.45, 2.75) is 54.9 Å². The summed E-state index contributed by atoms with van der Waals surface area (Å²) in [5.41, 5.74) is 1.70. The predicted octanol–water partition coefficient (Wildman–Crippen LogP) is 5.20. The zero-order chi connectivity index (χ0) is 13.3. The van der Waals surface area contributed by atoms with E-state index in [-0.39, 0.29) is 0 Å².